The zero-order valence-corrected chi connectivity index (χ0v) is 22.0. The number of carboxylic acid groups (broad SMARTS) is 1. The summed E-state index contributed by atoms with van der Waals surface area (Å²) < 4.78 is 0. The van der Waals surface area contributed by atoms with E-state index in [-0.39, 0.29) is 36.6 Å². The Kier molecular flexibility index (Phi) is 8.85. The van der Waals surface area contributed by atoms with Crippen LogP contribution >= 0.6 is 0 Å². The summed E-state index contributed by atoms with van der Waals surface area (Å²) >= 11 is 0. The number of unbranched alkanes of at least 4 members (excludes halogenated alkanes) is 1. The van der Waals surface area contributed by atoms with Crippen molar-refractivity contribution in [1.82, 2.24) is 4.90 Å². The highest BCUT2D eigenvalue weighted by molar-refractivity contribution is 5.97. The molecule has 2 aliphatic rings. The van der Waals surface area contributed by atoms with Crippen molar-refractivity contribution in [2.45, 2.75) is 64.8 Å². The van der Waals surface area contributed by atoms with Gasteiger partial charge in [0.05, 0.1) is 17.8 Å². The molecule has 4 rings (SSSR count). The number of rotatable bonds is 13. The van der Waals surface area contributed by atoms with E-state index in [2.05, 4.69) is 42.4 Å². The Morgan fingerprint density at radius 3 is 2.38 bits per heavy atom. The van der Waals surface area contributed by atoms with Crippen LogP contribution in [0.4, 0.5) is 11.4 Å². The molecule has 0 bridgehead atoms. The number of amides is 2. The summed E-state index contributed by atoms with van der Waals surface area (Å²) in [7, 11) is 2.06. The van der Waals surface area contributed by atoms with Crippen molar-refractivity contribution in [1.29, 1.82) is 0 Å². The maximum absolute atomic E-state index is 12.8. The van der Waals surface area contributed by atoms with E-state index in [1.165, 1.54) is 0 Å². The first-order chi connectivity index (χ1) is 17.9. The van der Waals surface area contributed by atoms with Crippen LogP contribution in [-0.2, 0) is 20.9 Å². The van der Waals surface area contributed by atoms with Crippen LogP contribution in [0.5, 0.6) is 0 Å². The lowest BCUT2D eigenvalue weighted by Crippen LogP contribution is -2.33. The molecule has 2 N–H and O–H groups in total. The van der Waals surface area contributed by atoms with E-state index >= 15 is 0 Å². The summed E-state index contributed by atoms with van der Waals surface area (Å²) in [6.45, 7) is 3.69. The largest absolute Gasteiger partial charge is 0.481 e. The standard InChI is InChI=1S/C30H39N3O4/c1-3-4-16-32(2)27-14-13-25(19-26(27)31-29(36)22-8-6-9-22)24-10-5-7-21(18-24)20-33(17-15-28(34)35)30(37)23-11-12-23/h5,7,10,13-14,18-19,22-23H,3-4,6,8-9,11-12,15-17,20H2,1-2H3,(H,31,36)(H,34,35). The molecule has 198 valence electrons. The number of carbonyl (C=O) groups is 3. The second-order valence-electron chi connectivity index (χ2n) is 10.5. The first-order valence-electron chi connectivity index (χ1n) is 13.6. The molecular weight excluding hydrogens is 466 g/mol. The fourth-order valence-electron chi connectivity index (χ4n) is 4.73. The molecule has 7 nitrogen and oxygen atoms in total. The van der Waals surface area contributed by atoms with E-state index in [0.29, 0.717) is 6.54 Å². The van der Waals surface area contributed by atoms with Gasteiger partial charge in [-0.05, 0) is 67.0 Å². The molecule has 0 unspecified atom stereocenters. The van der Waals surface area contributed by atoms with Crippen molar-refractivity contribution < 1.29 is 19.5 Å². The lowest BCUT2D eigenvalue weighted by Gasteiger charge is -2.27. The quantitative estimate of drug-likeness (QED) is 0.373. The molecule has 2 aliphatic carbocycles. The van der Waals surface area contributed by atoms with Crippen molar-refractivity contribution in [3.8, 4) is 11.1 Å². The number of nitrogens with zero attached hydrogens (tertiary/aromatic N) is 2. The normalized spacial score (nSPS) is 15.1. The minimum atomic E-state index is -0.900. The van der Waals surface area contributed by atoms with E-state index in [9.17, 15) is 14.4 Å². The topological polar surface area (TPSA) is 89.9 Å². The molecule has 2 aromatic carbocycles. The van der Waals surface area contributed by atoms with Gasteiger partial charge in [0.1, 0.15) is 0 Å². The number of nitrogens with one attached hydrogen (secondary N) is 1. The predicted octanol–water partition coefficient (Wildman–Crippen LogP) is 5.54. The maximum atomic E-state index is 12.8. The number of carboxylic acids is 1. The Morgan fingerprint density at radius 1 is 0.973 bits per heavy atom. The summed E-state index contributed by atoms with van der Waals surface area (Å²) in [5.74, 6) is -0.623. The lowest BCUT2D eigenvalue weighted by molar-refractivity contribution is -0.139. The predicted molar refractivity (Wildman–Crippen MR) is 146 cm³/mol. The molecular formula is C30H39N3O4. The van der Waals surface area contributed by atoms with Crippen molar-refractivity contribution in [3.63, 3.8) is 0 Å². The molecule has 0 saturated heterocycles. The zero-order chi connectivity index (χ0) is 26.4. The molecule has 2 fully saturated rings. The van der Waals surface area contributed by atoms with Crippen LogP contribution in [0.15, 0.2) is 42.5 Å². The minimum Gasteiger partial charge on any atom is -0.481 e. The van der Waals surface area contributed by atoms with Crippen LogP contribution in [0.25, 0.3) is 11.1 Å². The second kappa shape index (κ2) is 12.3. The number of anilines is 2. The third-order valence-corrected chi connectivity index (χ3v) is 7.46. The molecule has 0 heterocycles. The van der Waals surface area contributed by atoms with E-state index < -0.39 is 5.97 Å². The lowest BCUT2D eigenvalue weighted by atomic mass is 9.85. The van der Waals surface area contributed by atoms with E-state index in [4.69, 9.17) is 5.11 Å². The van der Waals surface area contributed by atoms with E-state index in [1.807, 2.05) is 24.3 Å². The molecule has 0 aromatic heterocycles. The van der Waals surface area contributed by atoms with Gasteiger partial charge >= 0.3 is 5.97 Å². The molecule has 37 heavy (non-hydrogen) atoms. The van der Waals surface area contributed by atoms with Crippen LogP contribution in [-0.4, -0.2) is 47.9 Å². The second-order valence-corrected chi connectivity index (χ2v) is 10.5. The molecule has 2 aromatic rings. The molecule has 0 radical (unpaired) electrons. The van der Waals surface area contributed by atoms with Crippen molar-refractivity contribution in [2.75, 3.05) is 30.4 Å². The van der Waals surface area contributed by atoms with Gasteiger partial charge in [-0.15, -0.1) is 0 Å². The van der Waals surface area contributed by atoms with Crippen molar-refractivity contribution >= 4 is 29.2 Å². The van der Waals surface area contributed by atoms with Gasteiger partial charge < -0.3 is 20.2 Å². The average Bonchev–Trinajstić information content (AvgIpc) is 3.69. The summed E-state index contributed by atoms with van der Waals surface area (Å²) in [5, 5.41) is 12.3. The number of benzene rings is 2. The SMILES string of the molecule is CCCCN(C)c1ccc(-c2cccc(CN(CCC(=O)O)C(=O)C3CC3)c2)cc1NC(=O)C1CCC1. The van der Waals surface area contributed by atoms with Gasteiger partial charge in [-0.3, -0.25) is 14.4 Å². The molecule has 7 heteroatoms. The highest BCUT2D eigenvalue weighted by Gasteiger charge is 2.33. The number of hydrogen-bond acceptors (Lipinski definition) is 4. The summed E-state index contributed by atoms with van der Waals surface area (Å²) in [6.07, 6.45) is 6.91. The fourth-order valence-corrected chi connectivity index (χ4v) is 4.73. The number of carbonyl (C=O) groups excluding carboxylic acids is 2. The van der Waals surface area contributed by atoms with E-state index in [0.717, 1.165) is 79.6 Å². The van der Waals surface area contributed by atoms with Crippen molar-refractivity contribution in [2.24, 2.45) is 11.8 Å². The Labute approximate surface area is 219 Å². The average molecular weight is 506 g/mol. The van der Waals surface area contributed by atoms with Crippen molar-refractivity contribution in [3.05, 3.63) is 48.0 Å². The van der Waals surface area contributed by atoms with Gasteiger partial charge in [0.2, 0.25) is 11.8 Å². The monoisotopic (exact) mass is 505 g/mol. The van der Waals surface area contributed by atoms with Gasteiger partial charge in [-0.1, -0.05) is 44.0 Å². The Hall–Kier alpha value is -3.35. The minimum absolute atomic E-state index is 0.0380. The van der Waals surface area contributed by atoms with Gasteiger partial charge in [0.15, 0.2) is 0 Å². The third kappa shape index (κ3) is 7.12. The highest BCUT2D eigenvalue weighted by atomic mass is 16.4. The van der Waals surface area contributed by atoms with Gasteiger partial charge in [0.25, 0.3) is 0 Å². The van der Waals surface area contributed by atoms with Crippen LogP contribution in [0, 0.1) is 11.8 Å². The zero-order valence-electron chi connectivity index (χ0n) is 22.0. The first kappa shape index (κ1) is 26.7. The van der Waals surface area contributed by atoms with Crippen LogP contribution in [0.3, 0.4) is 0 Å². The van der Waals surface area contributed by atoms with Crippen LogP contribution < -0.4 is 10.2 Å². The molecule has 2 saturated carbocycles. The maximum Gasteiger partial charge on any atom is 0.305 e. The summed E-state index contributed by atoms with van der Waals surface area (Å²) in [6, 6.07) is 14.2. The number of aliphatic carboxylic acids is 1. The molecule has 0 spiro atoms. The van der Waals surface area contributed by atoms with E-state index in [1.54, 1.807) is 4.90 Å². The molecule has 0 atom stereocenters. The number of hydrogen-bond donors (Lipinski definition) is 2. The van der Waals surface area contributed by atoms with Crippen LogP contribution in [0.2, 0.25) is 0 Å². The summed E-state index contributed by atoms with van der Waals surface area (Å²) in [5.41, 5.74) is 4.78. The van der Waals surface area contributed by atoms with Gasteiger partial charge in [0, 0.05) is 38.5 Å². The Morgan fingerprint density at radius 2 is 1.73 bits per heavy atom. The van der Waals surface area contributed by atoms with Gasteiger partial charge in [-0.2, -0.15) is 0 Å². The third-order valence-electron chi connectivity index (χ3n) is 7.46. The molecule has 0 aliphatic heterocycles. The van der Waals surface area contributed by atoms with Crippen LogP contribution in [0.1, 0.15) is 63.9 Å². The van der Waals surface area contributed by atoms with Gasteiger partial charge in [-0.25, -0.2) is 0 Å². The molecule has 2 amide bonds. The Bertz CT molecular complexity index is 1120. The highest BCUT2D eigenvalue weighted by Crippen LogP contribution is 2.35. The smallest absolute Gasteiger partial charge is 0.305 e. The summed E-state index contributed by atoms with van der Waals surface area (Å²) in [4.78, 5) is 40.6. The first-order valence-corrected chi connectivity index (χ1v) is 13.6. The fraction of sp³-hybridized carbons (Fsp3) is 0.500. The Balaban J connectivity index is 1.57.